The van der Waals surface area contributed by atoms with E-state index in [0.29, 0.717) is 0 Å². The standard InChI is InChI=1S/C6H14N/c1-5(7)6(2,3)4/h5,7H,1-4H3/t5-/m1/s1. The first-order chi connectivity index (χ1) is 2.94. The number of nitrogens with one attached hydrogen (secondary N) is 1. The molecule has 0 aromatic carbocycles. The van der Waals surface area contributed by atoms with Crippen LogP contribution in [0.1, 0.15) is 27.7 Å². The summed E-state index contributed by atoms with van der Waals surface area (Å²) >= 11 is 0. The van der Waals surface area contributed by atoms with Crippen LogP contribution < -0.4 is 5.73 Å². The van der Waals surface area contributed by atoms with E-state index >= 15 is 0 Å². The Morgan fingerprint density at radius 2 is 1.43 bits per heavy atom. The molecule has 7 heavy (non-hydrogen) atoms. The second kappa shape index (κ2) is 1.83. The summed E-state index contributed by atoms with van der Waals surface area (Å²) in [5, 5.41) is 0. The van der Waals surface area contributed by atoms with Crippen molar-refractivity contribution >= 4 is 0 Å². The highest BCUT2D eigenvalue weighted by atomic mass is 14.6. The lowest BCUT2D eigenvalue weighted by atomic mass is 9.89. The Morgan fingerprint density at radius 3 is 1.43 bits per heavy atom. The molecule has 0 spiro atoms. The molecule has 1 nitrogen and oxygen atoms in total. The van der Waals surface area contributed by atoms with Gasteiger partial charge < -0.3 is 0 Å². The SMILES string of the molecule is C[C@@H]([NH])C(C)(C)C. The van der Waals surface area contributed by atoms with Gasteiger partial charge in [0.05, 0.1) is 0 Å². The third-order valence-corrected chi connectivity index (χ3v) is 1.30. The monoisotopic (exact) mass is 100 g/mol. The van der Waals surface area contributed by atoms with Crippen molar-refractivity contribution in [3.8, 4) is 0 Å². The molecule has 0 aliphatic carbocycles. The Hall–Kier alpha value is -0.0400. The molecule has 0 unspecified atom stereocenters. The van der Waals surface area contributed by atoms with Gasteiger partial charge in [-0.3, -0.25) is 5.73 Å². The van der Waals surface area contributed by atoms with E-state index in [0.717, 1.165) is 0 Å². The van der Waals surface area contributed by atoms with Gasteiger partial charge in [-0.05, 0) is 12.3 Å². The van der Waals surface area contributed by atoms with Crippen LogP contribution in [0.25, 0.3) is 0 Å². The van der Waals surface area contributed by atoms with E-state index in [1.54, 1.807) is 0 Å². The minimum atomic E-state index is 0.0486. The van der Waals surface area contributed by atoms with Crippen LogP contribution in [-0.4, -0.2) is 6.04 Å². The van der Waals surface area contributed by atoms with Crippen LogP contribution in [0.3, 0.4) is 0 Å². The first-order valence-electron chi connectivity index (χ1n) is 2.65. The van der Waals surface area contributed by atoms with Crippen molar-refractivity contribution in [2.24, 2.45) is 5.41 Å². The van der Waals surface area contributed by atoms with Gasteiger partial charge in [-0.2, -0.15) is 0 Å². The summed E-state index contributed by atoms with van der Waals surface area (Å²) in [6.45, 7) is 8.14. The smallest absolute Gasteiger partial charge is 0.0233 e. The first-order valence-corrected chi connectivity index (χ1v) is 2.65. The largest absolute Gasteiger partial charge is 0.254 e. The van der Waals surface area contributed by atoms with Gasteiger partial charge in [-0.25, -0.2) is 0 Å². The average Bonchev–Trinajstić information content (AvgIpc) is 1.31. The van der Waals surface area contributed by atoms with Crippen LogP contribution in [0.2, 0.25) is 0 Å². The van der Waals surface area contributed by atoms with Gasteiger partial charge in [0.15, 0.2) is 0 Å². The van der Waals surface area contributed by atoms with Gasteiger partial charge in [-0.15, -0.1) is 0 Å². The summed E-state index contributed by atoms with van der Waals surface area (Å²) in [5.41, 5.74) is 7.40. The maximum atomic E-state index is 7.23. The lowest BCUT2D eigenvalue weighted by molar-refractivity contribution is 0.332. The van der Waals surface area contributed by atoms with Crippen molar-refractivity contribution in [2.45, 2.75) is 33.7 Å². The molecular weight excluding hydrogens is 86.1 g/mol. The first kappa shape index (κ1) is 6.96. The summed E-state index contributed by atoms with van der Waals surface area (Å²) < 4.78 is 0. The highest BCUT2D eigenvalue weighted by Gasteiger charge is 2.15. The molecule has 1 N–H and O–H groups in total. The predicted molar refractivity (Wildman–Crippen MR) is 32.0 cm³/mol. The molecule has 0 heterocycles. The van der Waals surface area contributed by atoms with Gasteiger partial charge in [0, 0.05) is 6.04 Å². The number of hydrogen-bond donors (Lipinski definition) is 0. The Bertz CT molecular complexity index is 49.7. The zero-order valence-electron chi connectivity index (χ0n) is 5.58. The molecule has 0 aromatic heterocycles. The van der Waals surface area contributed by atoms with Crippen LogP contribution in [0, 0.1) is 5.41 Å². The second-order valence-electron chi connectivity index (χ2n) is 3.09. The average molecular weight is 100 g/mol. The Balaban J connectivity index is 3.54. The van der Waals surface area contributed by atoms with Crippen molar-refractivity contribution in [3.05, 3.63) is 0 Å². The quantitative estimate of drug-likeness (QED) is 0.442. The fourth-order valence-electron chi connectivity index (χ4n) is 0. The lowest BCUT2D eigenvalue weighted by Gasteiger charge is -2.21. The van der Waals surface area contributed by atoms with Crippen molar-refractivity contribution in [2.75, 3.05) is 0 Å². The van der Waals surface area contributed by atoms with Gasteiger partial charge in [0.2, 0.25) is 0 Å². The minimum absolute atomic E-state index is 0.0486. The molecule has 0 aromatic rings. The number of rotatable bonds is 0. The van der Waals surface area contributed by atoms with Gasteiger partial charge >= 0.3 is 0 Å². The molecule has 1 heteroatoms. The van der Waals surface area contributed by atoms with Gasteiger partial charge in [0.1, 0.15) is 0 Å². The molecule has 0 saturated carbocycles. The van der Waals surface area contributed by atoms with E-state index in [2.05, 4.69) is 20.8 Å². The molecular formula is C6H14N. The Labute approximate surface area is 45.9 Å². The predicted octanol–water partition coefficient (Wildman–Crippen LogP) is 1.70. The third-order valence-electron chi connectivity index (χ3n) is 1.30. The summed E-state index contributed by atoms with van der Waals surface area (Å²) in [5.74, 6) is 0. The maximum absolute atomic E-state index is 7.23. The molecule has 0 bridgehead atoms. The van der Waals surface area contributed by atoms with E-state index in [1.807, 2.05) is 6.92 Å². The molecule has 0 aliphatic rings. The van der Waals surface area contributed by atoms with Crippen LogP contribution in [0.5, 0.6) is 0 Å². The molecule has 0 aliphatic heterocycles. The second-order valence-corrected chi connectivity index (χ2v) is 3.09. The number of hydrogen-bond acceptors (Lipinski definition) is 0. The molecule has 0 rings (SSSR count). The van der Waals surface area contributed by atoms with Crippen LogP contribution in [0.4, 0.5) is 0 Å². The topological polar surface area (TPSA) is 23.8 Å². The van der Waals surface area contributed by atoms with Crippen molar-refractivity contribution in [3.63, 3.8) is 0 Å². The van der Waals surface area contributed by atoms with E-state index in [4.69, 9.17) is 5.73 Å². The van der Waals surface area contributed by atoms with E-state index in [1.165, 1.54) is 0 Å². The van der Waals surface area contributed by atoms with Crippen molar-refractivity contribution in [1.82, 2.24) is 5.73 Å². The van der Waals surface area contributed by atoms with Crippen LogP contribution in [-0.2, 0) is 0 Å². The van der Waals surface area contributed by atoms with E-state index in [9.17, 15) is 0 Å². The van der Waals surface area contributed by atoms with Crippen LogP contribution in [0.15, 0.2) is 0 Å². The lowest BCUT2D eigenvalue weighted by Crippen LogP contribution is -2.23. The molecule has 1 radical (unpaired) electrons. The van der Waals surface area contributed by atoms with E-state index < -0.39 is 0 Å². The fourth-order valence-corrected chi connectivity index (χ4v) is 0. The summed E-state index contributed by atoms with van der Waals surface area (Å²) in [7, 11) is 0. The highest BCUT2D eigenvalue weighted by Crippen LogP contribution is 2.16. The molecule has 1 atom stereocenters. The zero-order chi connectivity index (χ0) is 6.08. The molecule has 43 valence electrons. The molecule has 0 amide bonds. The summed E-state index contributed by atoms with van der Waals surface area (Å²) in [4.78, 5) is 0. The maximum Gasteiger partial charge on any atom is 0.0233 e. The summed E-state index contributed by atoms with van der Waals surface area (Å²) in [6.07, 6.45) is 0. The van der Waals surface area contributed by atoms with Crippen molar-refractivity contribution in [1.29, 1.82) is 0 Å². The third kappa shape index (κ3) is 2.63. The minimum Gasteiger partial charge on any atom is -0.254 e. The van der Waals surface area contributed by atoms with E-state index in [-0.39, 0.29) is 11.5 Å². The van der Waals surface area contributed by atoms with Crippen molar-refractivity contribution < 1.29 is 0 Å². The normalized spacial score (nSPS) is 16.7. The van der Waals surface area contributed by atoms with Gasteiger partial charge in [0.25, 0.3) is 0 Å². The van der Waals surface area contributed by atoms with Crippen LogP contribution >= 0.6 is 0 Å². The van der Waals surface area contributed by atoms with Gasteiger partial charge in [-0.1, -0.05) is 20.8 Å². The zero-order valence-corrected chi connectivity index (χ0v) is 5.58. The summed E-state index contributed by atoms with van der Waals surface area (Å²) in [6, 6.07) is 0.0486. The highest BCUT2D eigenvalue weighted by molar-refractivity contribution is 4.70. The Kier molecular flexibility index (Phi) is 1.82. The molecule has 0 fully saturated rings. The molecule has 0 saturated heterocycles. The fraction of sp³-hybridized carbons (Fsp3) is 1.00. The Morgan fingerprint density at radius 1 is 1.29 bits per heavy atom.